The van der Waals surface area contributed by atoms with Crippen LogP contribution < -0.4 is 5.32 Å². The molecule has 0 saturated heterocycles. The molecule has 18 heavy (non-hydrogen) atoms. The number of benzene rings is 1. The lowest BCUT2D eigenvalue weighted by molar-refractivity contribution is -0.115. The van der Waals surface area contributed by atoms with Crippen molar-refractivity contribution >= 4 is 27.5 Å². The molecule has 1 amide bonds. The van der Waals surface area contributed by atoms with Gasteiger partial charge in [-0.3, -0.25) is 4.79 Å². The van der Waals surface area contributed by atoms with Crippen molar-refractivity contribution < 1.29 is 4.79 Å². The first-order valence-electron chi connectivity index (χ1n) is 5.16. The van der Waals surface area contributed by atoms with Crippen molar-refractivity contribution in [2.75, 3.05) is 5.32 Å². The van der Waals surface area contributed by atoms with Gasteiger partial charge in [0.05, 0.1) is 22.4 Å². The van der Waals surface area contributed by atoms with Gasteiger partial charge in [-0.05, 0) is 40.2 Å². The maximum Gasteiger partial charge on any atom is 0.238 e. The van der Waals surface area contributed by atoms with Crippen molar-refractivity contribution in [2.45, 2.75) is 6.42 Å². The molecule has 0 aliphatic rings. The highest BCUT2D eigenvalue weighted by Gasteiger charge is 2.02. The molecule has 6 heteroatoms. The van der Waals surface area contributed by atoms with Crippen LogP contribution >= 0.6 is 15.9 Å². The molecule has 90 valence electrons. The van der Waals surface area contributed by atoms with E-state index < -0.39 is 0 Å². The first-order chi connectivity index (χ1) is 8.69. The summed E-state index contributed by atoms with van der Waals surface area (Å²) in [7, 11) is 0. The Morgan fingerprint density at radius 2 is 2.17 bits per heavy atom. The fraction of sp³-hybridized carbons (Fsp3) is 0.0833. The molecule has 0 spiro atoms. The SMILES string of the molecule is N#CCC(=O)Nc1ccc(-n2cc(Br)cn2)cc1. The lowest BCUT2D eigenvalue weighted by Gasteiger charge is -2.05. The molecule has 0 aliphatic heterocycles. The maximum atomic E-state index is 11.2. The molecule has 2 aromatic rings. The average molecular weight is 305 g/mol. The Balaban J connectivity index is 2.11. The summed E-state index contributed by atoms with van der Waals surface area (Å²) in [5, 5.41) is 15.2. The molecule has 1 aromatic heterocycles. The van der Waals surface area contributed by atoms with Gasteiger partial charge in [-0.15, -0.1) is 0 Å². The van der Waals surface area contributed by atoms with E-state index in [2.05, 4.69) is 26.3 Å². The standard InChI is InChI=1S/C12H9BrN4O/c13-9-7-15-17(8-9)11-3-1-10(2-4-11)16-12(18)5-6-14/h1-4,7-8H,5H2,(H,16,18). The predicted molar refractivity (Wildman–Crippen MR) is 70.1 cm³/mol. The third-order valence-corrected chi connectivity index (χ3v) is 2.62. The average Bonchev–Trinajstić information content (AvgIpc) is 2.77. The summed E-state index contributed by atoms with van der Waals surface area (Å²) >= 11 is 3.32. The van der Waals surface area contributed by atoms with Crippen LogP contribution in [-0.2, 0) is 4.79 Å². The van der Waals surface area contributed by atoms with E-state index in [4.69, 9.17) is 5.26 Å². The van der Waals surface area contributed by atoms with Crippen molar-refractivity contribution in [2.24, 2.45) is 0 Å². The second-order valence-corrected chi connectivity index (χ2v) is 4.45. The fourth-order valence-corrected chi connectivity index (χ4v) is 1.70. The number of amides is 1. The summed E-state index contributed by atoms with van der Waals surface area (Å²) in [6.45, 7) is 0. The third kappa shape index (κ3) is 2.96. The summed E-state index contributed by atoms with van der Waals surface area (Å²) in [5.74, 6) is -0.313. The fourth-order valence-electron chi connectivity index (χ4n) is 1.42. The number of hydrogen-bond acceptors (Lipinski definition) is 3. The van der Waals surface area contributed by atoms with E-state index in [0.717, 1.165) is 10.2 Å². The second kappa shape index (κ2) is 5.47. The number of hydrogen-bond donors (Lipinski definition) is 1. The Morgan fingerprint density at radius 1 is 1.44 bits per heavy atom. The maximum absolute atomic E-state index is 11.2. The minimum atomic E-state index is -0.313. The number of nitrogens with one attached hydrogen (secondary N) is 1. The molecule has 0 aliphatic carbocycles. The number of rotatable bonds is 3. The van der Waals surface area contributed by atoms with Crippen LogP contribution in [0.1, 0.15) is 6.42 Å². The van der Waals surface area contributed by atoms with Crippen LogP contribution in [0.15, 0.2) is 41.1 Å². The van der Waals surface area contributed by atoms with E-state index in [9.17, 15) is 4.79 Å². The number of halogens is 1. The van der Waals surface area contributed by atoms with Crippen LogP contribution in [-0.4, -0.2) is 15.7 Å². The van der Waals surface area contributed by atoms with E-state index in [0.29, 0.717) is 5.69 Å². The number of anilines is 1. The largest absolute Gasteiger partial charge is 0.325 e. The van der Waals surface area contributed by atoms with E-state index in [1.54, 1.807) is 29.1 Å². The Hall–Kier alpha value is -2.13. The van der Waals surface area contributed by atoms with Crippen LogP contribution in [0.3, 0.4) is 0 Å². The zero-order valence-electron chi connectivity index (χ0n) is 9.30. The smallest absolute Gasteiger partial charge is 0.238 e. The van der Waals surface area contributed by atoms with E-state index in [1.807, 2.05) is 18.3 Å². The van der Waals surface area contributed by atoms with Gasteiger partial charge < -0.3 is 5.32 Å². The van der Waals surface area contributed by atoms with Gasteiger partial charge in [-0.2, -0.15) is 10.4 Å². The summed E-state index contributed by atoms with van der Waals surface area (Å²) in [6.07, 6.45) is 3.39. The third-order valence-electron chi connectivity index (χ3n) is 2.21. The van der Waals surface area contributed by atoms with Gasteiger partial charge in [0, 0.05) is 11.9 Å². The van der Waals surface area contributed by atoms with Crippen LogP contribution in [0.5, 0.6) is 0 Å². The normalized spacial score (nSPS) is 9.78. The lowest BCUT2D eigenvalue weighted by atomic mass is 10.2. The molecule has 1 aromatic carbocycles. The molecule has 0 fully saturated rings. The van der Waals surface area contributed by atoms with Gasteiger partial charge in [-0.1, -0.05) is 0 Å². The summed E-state index contributed by atoms with van der Waals surface area (Å²) in [4.78, 5) is 11.2. The number of nitrogens with zero attached hydrogens (tertiary/aromatic N) is 3. The van der Waals surface area contributed by atoms with Crippen molar-refractivity contribution in [1.29, 1.82) is 5.26 Å². The van der Waals surface area contributed by atoms with E-state index in [1.165, 1.54) is 0 Å². The van der Waals surface area contributed by atoms with Gasteiger partial charge in [-0.25, -0.2) is 4.68 Å². The van der Waals surface area contributed by atoms with Crippen LogP contribution in [0.25, 0.3) is 5.69 Å². The lowest BCUT2D eigenvalue weighted by Crippen LogP contribution is -2.10. The van der Waals surface area contributed by atoms with Gasteiger partial charge in [0.15, 0.2) is 0 Å². The van der Waals surface area contributed by atoms with Crippen molar-refractivity contribution in [3.05, 3.63) is 41.1 Å². The molecule has 0 unspecified atom stereocenters. The number of nitriles is 1. The zero-order valence-corrected chi connectivity index (χ0v) is 10.9. The molecule has 2 rings (SSSR count). The number of carbonyl (C=O) groups excluding carboxylic acids is 1. The summed E-state index contributed by atoms with van der Waals surface area (Å²) in [6, 6.07) is 8.99. The van der Waals surface area contributed by atoms with Crippen LogP contribution in [0.4, 0.5) is 5.69 Å². The Kier molecular flexibility index (Phi) is 3.75. The highest BCUT2D eigenvalue weighted by Crippen LogP contribution is 2.15. The highest BCUT2D eigenvalue weighted by atomic mass is 79.9. The van der Waals surface area contributed by atoms with Crippen LogP contribution in [0, 0.1) is 11.3 Å². The predicted octanol–water partition coefficient (Wildman–Crippen LogP) is 2.49. The first-order valence-corrected chi connectivity index (χ1v) is 5.96. The zero-order chi connectivity index (χ0) is 13.0. The van der Waals surface area contributed by atoms with E-state index in [-0.39, 0.29) is 12.3 Å². The molecule has 0 saturated carbocycles. The molecule has 1 heterocycles. The number of aromatic nitrogens is 2. The van der Waals surface area contributed by atoms with Gasteiger partial charge in [0.1, 0.15) is 6.42 Å². The molecular formula is C12H9BrN4O. The summed E-state index contributed by atoms with van der Waals surface area (Å²) in [5.41, 5.74) is 1.55. The topological polar surface area (TPSA) is 70.7 Å². The quantitative estimate of drug-likeness (QED) is 0.947. The van der Waals surface area contributed by atoms with E-state index >= 15 is 0 Å². The number of carbonyl (C=O) groups is 1. The van der Waals surface area contributed by atoms with Crippen LogP contribution in [0.2, 0.25) is 0 Å². The molecule has 5 nitrogen and oxygen atoms in total. The Morgan fingerprint density at radius 3 is 2.72 bits per heavy atom. The Labute approximate surface area is 112 Å². The monoisotopic (exact) mass is 304 g/mol. The second-order valence-electron chi connectivity index (χ2n) is 3.53. The van der Waals surface area contributed by atoms with Crippen molar-refractivity contribution in [3.63, 3.8) is 0 Å². The summed E-state index contributed by atoms with van der Waals surface area (Å²) < 4.78 is 2.61. The molecule has 0 bridgehead atoms. The van der Waals surface area contributed by atoms with Gasteiger partial charge >= 0.3 is 0 Å². The highest BCUT2D eigenvalue weighted by molar-refractivity contribution is 9.10. The van der Waals surface area contributed by atoms with Crippen molar-refractivity contribution in [3.8, 4) is 11.8 Å². The molecular weight excluding hydrogens is 296 g/mol. The first kappa shape index (κ1) is 12.3. The molecule has 0 radical (unpaired) electrons. The molecule has 1 N–H and O–H groups in total. The Bertz CT molecular complexity index is 597. The van der Waals surface area contributed by atoms with Gasteiger partial charge in [0.25, 0.3) is 0 Å². The molecule has 0 atom stereocenters. The minimum Gasteiger partial charge on any atom is -0.325 e. The minimum absolute atomic E-state index is 0.145. The van der Waals surface area contributed by atoms with Crippen molar-refractivity contribution in [1.82, 2.24) is 9.78 Å². The van der Waals surface area contributed by atoms with Gasteiger partial charge in [0.2, 0.25) is 5.91 Å².